The van der Waals surface area contributed by atoms with Crippen LogP contribution in [0.25, 0.3) is 0 Å². The fraction of sp³-hybridized carbons (Fsp3) is 0.600. The zero-order chi connectivity index (χ0) is 13.5. The second kappa shape index (κ2) is 7.37. The molecule has 2 unspecified atom stereocenters. The summed E-state index contributed by atoms with van der Waals surface area (Å²) in [4.78, 5) is 2.10. The first kappa shape index (κ1) is 15.0. The Bertz CT molecular complexity index is 354. The van der Waals surface area contributed by atoms with Gasteiger partial charge in [-0.3, -0.25) is 0 Å². The molecule has 2 atom stereocenters. The van der Waals surface area contributed by atoms with Gasteiger partial charge in [0.1, 0.15) is 5.82 Å². The molecule has 1 rings (SSSR count). The van der Waals surface area contributed by atoms with Crippen molar-refractivity contribution in [3.63, 3.8) is 0 Å². The first-order valence-corrected chi connectivity index (χ1v) is 6.80. The van der Waals surface area contributed by atoms with E-state index in [4.69, 9.17) is 0 Å². The maximum Gasteiger partial charge on any atom is 0.146 e. The van der Waals surface area contributed by atoms with Crippen LogP contribution < -0.4 is 10.2 Å². The summed E-state index contributed by atoms with van der Waals surface area (Å²) in [7, 11) is 1.98. The van der Waals surface area contributed by atoms with Crippen molar-refractivity contribution in [3.8, 4) is 0 Å². The van der Waals surface area contributed by atoms with Crippen LogP contribution in [0.3, 0.4) is 0 Å². The maximum absolute atomic E-state index is 13.8. The largest absolute Gasteiger partial charge is 0.368 e. The molecule has 0 fully saturated rings. The molecule has 0 amide bonds. The van der Waals surface area contributed by atoms with Crippen molar-refractivity contribution in [3.05, 3.63) is 30.1 Å². The van der Waals surface area contributed by atoms with Crippen molar-refractivity contribution in [2.45, 2.75) is 33.2 Å². The van der Waals surface area contributed by atoms with E-state index in [0.29, 0.717) is 17.6 Å². The number of nitrogens with one attached hydrogen (secondary N) is 1. The van der Waals surface area contributed by atoms with Crippen LogP contribution in [0.4, 0.5) is 10.1 Å². The van der Waals surface area contributed by atoms with Crippen LogP contribution in [-0.4, -0.2) is 26.2 Å². The summed E-state index contributed by atoms with van der Waals surface area (Å²) >= 11 is 0. The molecular formula is C15H25FN2. The minimum atomic E-state index is -0.140. The first-order valence-electron chi connectivity index (χ1n) is 6.80. The highest BCUT2D eigenvalue weighted by Gasteiger charge is 2.18. The van der Waals surface area contributed by atoms with Crippen molar-refractivity contribution >= 4 is 5.69 Å². The van der Waals surface area contributed by atoms with Gasteiger partial charge in [-0.05, 0) is 32.0 Å². The van der Waals surface area contributed by atoms with Crippen LogP contribution in [0, 0.1) is 11.7 Å². The first-order chi connectivity index (χ1) is 8.63. The van der Waals surface area contributed by atoms with Crippen molar-refractivity contribution < 1.29 is 4.39 Å². The SMILES string of the molecule is CCC(C)C(CN(CC)c1ccccc1F)NC. The van der Waals surface area contributed by atoms with Gasteiger partial charge in [0.25, 0.3) is 0 Å². The molecule has 0 heterocycles. The van der Waals surface area contributed by atoms with Gasteiger partial charge in [0.2, 0.25) is 0 Å². The van der Waals surface area contributed by atoms with E-state index in [9.17, 15) is 4.39 Å². The minimum absolute atomic E-state index is 0.140. The summed E-state index contributed by atoms with van der Waals surface area (Å²) < 4.78 is 13.8. The van der Waals surface area contributed by atoms with Gasteiger partial charge in [-0.1, -0.05) is 32.4 Å². The smallest absolute Gasteiger partial charge is 0.146 e. The predicted molar refractivity (Wildman–Crippen MR) is 76.6 cm³/mol. The zero-order valence-electron chi connectivity index (χ0n) is 11.9. The Hall–Kier alpha value is -1.09. The standard InChI is InChI=1S/C15H25FN2/c1-5-12(3)14(17-4)11-18(6-2)15-10-8-7-9-13(15)16/h7-10,12,14,17H,5-6,11H2,1-4H3. The van der Waals surface area contributed by atoms with E-state index in [1.165, 1.54) is 6.07 Å². The minimum Gasteiger partial charge on any atom is -0.368 e. The second-order valence-corrected chi connectivity index (χ2v) is 4.77. The molecule has 0 aliphatic rings. The number of hydrogen-bond donors (Lipinski definition) is 1. The van der Waals surface area contributed by atoms with E-state index in [-0.39, 0.29) is 5.82 Å². The number of likely N-dealkylation sites (N-methyl/N-ethyl adjacent to an activating group) is 2. The number of para-hydroxylation sites is 1. The molecule has 0 spiro atoms. The van der Waals surface area contributed by atoms with Crippen LogP contribution in [0.15, 0.2) is 24.3 Å². The second-order valence-electron chi connectivity index (χ2n) is 4.77. The molecule has 102 valence electrons. The van der Waals surface area contributed by atoms with Crippen molar-refractivity contribution in [2.75, 3.05) is 25.0 Å². The van der Waals surface area contributed by atoms with Crippen molar-refractivity contribution in [2.24, 2.45) is 5.92 Å². The summed E-state index contributed by atoms with van der Waals surface area (Å²) in [6.07, 6.45) is 1.13. The Morgan fingerprint density at radius 3 is 2.44 bits per heavy atom. The van der Waals surface area contributed by atoms with Crippen LogP contribution in [0.1, 0.15) is 27.2 Å². The van der Waals surface area contributed by atoms with E-state index < -0.39 is 0 Å². The van der Waals surface area contributed by atoms with Gasteiger partial charge >= 0.3 is 0 Å². The van der Waals surface area contributed by atoms with E-state index in [1.807, 2.05) is 19.2 Å². The van der Waals surface area contributed by atoms with Gasteiger partial charge in [-0.2, -0.15) is 0 Å². The lowest BCUT2D eigenvalue weighted by Crippen LogP contribution is -2.43. The summed E-state index contributed by atoms with van der Waals surface area (Å²) in [6, 6.07) is 7.38. The average molecular weight is 252 g/mol. The molecule has 0 bridgehead atoms. The highest BCUT2D eigenvalue weighted by Crippen LogP contribution is 2.20. The van der Waals surface area contributed by atoms with E-state index in [2.05, 4.69) is 31.0 Å². The highest BCUT2D eigenvalue weighted by molar-refractivity contribution is 5.47. The van der Waals surface area contributed by atoms with Gasteiger partial charge in [-0.15, -0.1) is 0 Å². The molecular weight excluding hydrogens is 227 g/mol. The molecule has 1 N–H and O–H groups in total. The summed E-state index contributed by atoms with van der Waals surface area (Å²) in [5.74, 6) is 0.439. The highest BCUT2D eigenvalue weighted by atomic mass is 19.1. The van der Waals surface area contributed by atoms with Crippen molar-refractivity contribution in [1.82, 2.24) is 5.32 Å². The maximum atomic E-state index is 13.8. The summed E-state index contributed by atoms with van der Waals surface area (Å²) in [6.45, 7) is 8.14. The fourth-order valence-corrected chi connectivity index (χ4v) is 2.18. The van der Waals surface area contributed by atoms with Gasteiger partial charge in [-0.25, -0.2) is 4.39 Å². The number of anilines is 1. The Labute approximate surface area is 110 Å². The zero-order valence-corrected chi connectivity index (χ0v) is 11.9. The number of hydrogen-bond acceptors (Lipinski definition) is 2. The molecule has 18 heavy (non-hydrogen) atoms. The lowest BCUT2D eigenvalue weighted by atomic mass is 9.98. The van der Waals surface area contributed by atoms with Crippen LogP contribution in [0.2, 0.25) is 0 Å². The topological polar surface area (TPSA) is 15.3 Å². The van der Waals surface area contributed by atoms with Gasteiger partial charge < -0.3 is 10.2 Å². The van der Waals surface area contributed by atoms with Gasteiger partial charge in [0, 0.05) is 19.1 Å². The predicted octanol–water partition coefficient (Wildman–Crippen LogP) is 3.29. The lowest BCUT2D eigenvalue weighted by Gasteiger charge is -2.31. The molecule has 0 aromatic heterocycles. The molecule has 0 radical (unpaired) electrons. The van der Waals surface area contributed by atoms with Crippen LogP contribution >= 0.6 is 0 Å². The van der Waals surface area contributed by atoms with Crippen LogP contribution in [0.5, 0.6) is 0 Å². The molecule has 3 heteroatoms. The number of benzene rings is 1. The summed E-state index contributed by atoms with van der Waals surface area (Å²) in [5.41, 5.74) is 0.698. The van der Waals surface area contributed by atoms with Gasteiger partial charge in [0.05, 0.1) is 5.69 Å². The van der Waals surface area contributed by atoms with Crippen molar-refractivity contribution in [1.29, 1.82) is 0 Å². The quantitative estimate of drug-likeness (QED) is 0.801. The Morgan fingerprint density at radius 2 is 1.94 bits per heavy atom. The third-order valence-corrected chi connectivity index (χ3v) is 3.69. The summed E-state index contributed by atoms with van der Waals surface area (Å²) in [5, 5.41) is 3.34. The monoisotopic (exact) mass is 252 g/mol. The molecule has 1 aromatic carbocycles. The third-order valence-electron chi connectivity index (χ3n) is 3.69. The molecule has 0 aliphatic carbocycles. The Morgan fingerprint density at radius 1 is 1.28 bits per heavy atom. The van der Waals surface area contributed by atoms with Gasteiger partial charge in [0.15, 0.2) is 0 Å². The van der Waals surface area contributed by atoms with E-state index in [0.717, 1.165) is 19.5 Å². The molecule has 0 saturated heterocycles. The normalized spacial score (nSPS) is 14.3. The molecule has 1 aromatic rings. The Balaban J connectivity index is 2.81. The fourth-order valence-electron chi connectivity index (χ4n) is 2.18. The average Bonchev–Trinajstić information content (AvgIpc) is 2.40. The number of rotatable bonds is 7. The van der Waals surface area contributed by atoms with E-state index >= 15 is 0 Å². The third kappa shape index (κ3) is 3.70. The lowest BCUT2D eigenvalue weighted by molar-refractivity contribution is 0.387. The number of nitrogens with zero attached hydrogens (tertiary/aromatic N) is 1. The van der Waals surface area contributed by atoms with E-state index in [1.54, 1.807) is 6.07 Å². The molecule has 0 saturated carbocycles. The molecule has 2 nitrogen and oxygen atoms in total. The van der Waals surface area contributed by atoms with Crippen LogP contribution in [-0.2, 0) is 0 Å². The molecule has 0 aliphatic heterocycles. The number of halogens is 1. The Kier molecular flexibility index (Phi) is 6.13.